The fourth-order valence-corrected chi connectivity index (χ4v) is 6.47. The lowest BCUT2D eigenvalue weighted by atomic mass is 9.57. The van der Waals surface area contributed by atoms with E-state index in [-0.39, 0.29) is 5.92 Å². The number of para-hydroxylation sites is 1. The average Bonchev–Trinajstić information content (AvgIpc) is 3.02. The highest BCUT2D eigenvalue weighted by Crippen LogP contribution is 2.55. The molecule has 0 radical (unpaired) electrons. The van der Waals surface area contributed by atoms with Crippen LogP contribution in [0.5, 0.6) is 0 Å². The summed E-state index contributed by atoms with van der Waals surface area (Å²) in [4.78, 5) is 0. The van der Waals surface area contributed by atoms with E-state index in [2.05, 4.69) is 169 Å². The minimum atomic E-state index is -0.464. The molecule has 0 saturated heterocycles. The molecule has 1 N–H and O–H groups in total. The van der Waals surface area contributed by atoms with Crippen molar-refractivity contribution in [1.29, 1.82) is 0 Å². The summed E-state index contributed by atoms with van der Waals surface area (Å²) in [7, 11) is 0. The Labute approximate surface area is 230 Å². The van der Waals surface area contributed by atoms with Crippen LogP contribution in [-0.4, -0.2) is 0 Å². The minimum absolute atomic E-state index is 0.142. The van der Waals surface area contributed by atoms with E-state index in [1.165, 1.54) is 38.9 Å². The van der Waals surface area contributed by atoms with E-state index in [0.29, 0.717) is 0 Å². The molecule has 7 rings (SSSR count). The van der Waals surface area contributed by atoms with Crippen molar-refractivity contribution in [2.24, 2.45) is 0 Å². The topological polar surface area (TPSA) is 12.0 Å². The number of benzene rings is 6. The monoisotopic (exact) mass is 499 g/mol. The minimum Gasteiger partial charge on any atom is -0.356 e. The van der Waals surface area contributed by atoms with Gasteiger partial charge in [-0.3, -0.25) is 0 Å². The van der Waals surface area contributed by atoms with Crippen molar-refractivity contribution in [2.75, 3.05) is 5.32 Å². The second-order valence-electron chi connectivity index (χ2n) is 10.2. The third-order valence-electron chi connectivity index (χ3n) is 8.05. The average molecular weight is 500 g/mol. The lowest BCUT2D eigenvalue weighted by Gasteiger charge is -2.45. The first kappa shape index (κ1) is 23.3. The highest BCUT2D eigenvalue weighted by molar-refractivity contribution is 5.73. The molecule has 0 spiro atoms. The summed E-state index contributed by atoms with van der Waals surface area (Å²) < 4.78 is 0. The molecule has 0 aliphatic heterocycles. The number of nitrogens with one attached hydrogen (secondary N) is 1. The van der Waals surface area contributed by atoms with Gasteiger partial charge in [-0.2, -0.15) is 0 Å². The predicted octanol–water partition coefficient (Wildman–Crippen LogP) is 9.31. The first-order chi connectivity index (χ1) is 19.4. The van der Waals surface area contributed by atoms with Gasteiger partial charge in [-0.25, -0.2) is 0 Å². The zero-order chi connectivity index (χ0) is 26.1. The molecule has 0 bridgehead atoms. The van der Waals surface area contributed by atoms with Crippen LogP contribution in [0.25, 0.3) is 0 Å². The van der Waals surface area contributed by atoms with Gasteiger partial charge in [0.2, 0.25) is 0 Å². The van der Waals surface area contributed by atoms with Crippen LogP contribution >= 0.6 is 0 Å². The highest BCUT2D eigenvalue weighted by Gasteiger charge is 2.46. The lowest BCUT2D eigenvalue weighted by molar-refractivity contribution is 0.681. The van der Waals surface area contributed by atoms with Crippen LogP contribution in [0.1, 0.15) is 44.9 Å². The van der Waals surface area contributed by atoms with E-state index in [9.17, 15) is 0 Å². The molecule has 6 aromatic rings. The molecule has 1 aliphatic carbocycles. The van der Waals surface area contributed by atoms with Gasteiger partial charge in [0.15, 0.2) is 0 Å². The Morgan fingerprint density at radius 1 is 0.410 bits per heavy atom. The molecule has 186 valence electrons. The smallest absolute Gasteiger partial charge is 0.0708 e. The standard InChI is InChI=1S/C38H29N/c1-5-15-28(16-6-1)37-33-23-13-14-24-35(33)38(29-17-7-2-8-18-29,30-19-9-3-10-20-30)36-27-32(25-26-34(36)37)39-31-21-11-4-12-22-31/h1-27,37,39H. The fraction of sp³-hybridized carbons (Fsp3) is 0.0526. The third-order valence-corrected chi connectivity index (χ3v) is 8.05. The Morgan fingerprint density at radius 3 is 1.56 bits per heavy atom. The van der Waals surface area contributed by atoms with Gasteiger partial charge >= 0.3 is 0 Å². The van der Waals surface area contributed by atoms with Crippen molar-refractivity contribution in [3.63, 3.8) is 0 Å². The van der Waals surface area contributed by atoms with Crippen LogP contribution in [-0.2, 0) is 5.41 Å². The number of rotatable bonds is 5. The Balaban J connectivity index is 1.58. The maximum atomic E-state index is 3.67. The first-order valence-electron chi connectivity index (χ1n) is 13.6. The maximum Gasteiger partial charge on any atom is 0.0708 e. The zero-order valence-electron chi connectivity index (χ0n) is 21.7. The second kappa shape index (κ2) is 9.78. The molecule has 6 aromatic carbocycles. The summed E-state index contributed by atoms with van der Waals surface area (Å²) in [6.45, 7) is 0. The second-order valence-corrected chi connectivity index (χ2v) is 10.2. The van der Waals surface area contributed by atoms with Gasteiger partial charge in [-0.15, -0.1) is 0 Å². The van der Waals surface area contributed by atoms with Crippen LogP contribution in [0.2, 0.25) is 0 Å². The largest absolute Gasteiger partial charge is 0.356 e. The summed E-state index contributed by atoms with van der Waals surface area (Å²) in [5, 5.41) is 3.67. The molecule has 0 aromatic heterocycles. The molecule has 39 heavy (non-hydrogen) atoms. The van der Waals surface area contributed by atoms with Gasteiger partial charge in [0.25, 0.3) is 0 Å². The van der Waals surface area contributed by atoms with Gasteiger partial charge in [0.05, 0.1) is 5.41 Å². The van der Waals surface area contributed by atoms with E-state index in [1.54, 1.807) is 0 Å². The predicted molar refractivity (Wildman–Crippen MR) is 162 cm³/mol. The molecule has 0 heterocycles. The van der Waals surface area contributed by atoms with E-state index < -0.39 is 5.41 Å². The van der Waals surface area contributed by atoms with Crippen molar-refractivity contribution >= 4 is 11.4 Å². The molecule has 1 unspecified atom stereocenters. The van der Waals surface area contributed by atoms with Gasteiger partial charge in [-0.05, 0) is 63.2 Å². The molecular formula is C38H29N. The highest BCUT2D eigenvalue weighted by atomic mass is 14.9. The summed E-state index contributed by atoms with van der Waals surface area (Å²) in [5.74, 6) is 0.142. The maximum absolute atomic E-state index is 3.67. The molecule has 1 nitrogen and oxygen atoms in total. The molecule has 1 heteroatoms. The first-order valence-corrected chi connectivity index (χ1v) is 13.6. The number of anilines is 2. The summed E-state index contributed by atoms with van der Waals surface area (Å²) in [6.07, 6.45) is 0. The van der Waals surface area contributed by atoms with Gasteiger partial charge in [0, 0.05) is 17.3 Å². The Bertz CT molecular complexity index is 1670. The molecular weight excluding hydrogens is 470 g/mol. The van der Waals surface area contributed by atoms with Crippen LogP contribution < -0.4 is 5.32 Å². The van der Waals surface area contributed by atoms with Gasteiger partial charge in [-0.1, -0.05) is 140 Å². The Kier molecular flexibility index (Phi) is 5.83. The SMILES string of the molecule is c1ccc(Nc2ccc3c(c2)C(c2ccccc2)(c2ccccc2)c2ccccc2C3c2ccccc2)cc1. The van der Waals surface area contributed by atoms with Crippen LogP contribution in [0.3, 0.4) is 0 Å². The quantitative estimate of drug-likeness (QED) is 0.249. The Morgan fingerprint density at radius 2 is 0.923 bits per heavy atom. The molecule has 0 fully saturated rings. The number of hydrogen-bond acceptors (Lipinski definition) is 1. The molecule has 1 atom stereocenters. The van der Waals surface area contributed by atoms with Crippen molar-refractivity contribution in [1.82, 2.24) is 0 Å². The number of hydrogen-bond donors (Lipinski definition) is 1. The third kappa shape index (κ3) is 3.86. The summed E-state index contributed by atoms with van der Waals surface area (Å²) in [5.41, 5.74) is 10.9. The fourth-order valence-electron chi connectivity index (χ4n) is 6.47. The van der Waals surface area contributed by atoms with Crippen molar-refractivity contribution in [3.8, 4) is 0 Å². The van der Waals surface area contributed by atoms with E-state index >= 15 is 0 Å². The lowest BCUT2D eigenvalue weighted by Crippen LogP contribution is -2.37. The molecule has 0 amide bonds. The van der Waals surface area contributed by atoms with Crippen molar-refractivity contribution in [3.05, 3.63) is 203 Å². The summed E-state index contributed by atoms with van der Waals surface area (Å²) in [6, 6.07) is 59.4. The van der Waals surface area contributed by atoms with Gasteiger partial charge in [0.1, 0.15) is 0 Å². The number of fused-ring (bicyclic) bond motifs is 2. The van der Waals surface area contributed by atoms with E-state index in [1.807, 2.05) is 0 Å². The zero-order valence-corrected chi connectivity index (χ0v) is 21.7. The van der Waals surface area contributed by atoms with Crippen LogP contribution in [0, 0.1) is 0 Å². The molecule has 0 saturated carbocycles. The van der Waals surface area contributed by atoms with Crippen molar-refractivity contribution in [2.45, 2.75) is 11.3 Å². The van der Waals surface area contributed by atoms with Crippen LogP contribution in [0.4, 0.5) is 11.4 Å². The normalized spacial score (nSPS) is 15.1. The van der Waals surface area contributed by atoms with E-state index in [0.717, 1.165) is 11.4 Å². The summed E-state index contributed by atoms with van der Waals surface area (Å²) >= 11 is 0. The van der Waals surface area contributed by atoms with Gasteiger partial charge < -0.3 is 5.32 Å². The molecule has 1 aliphatic rings. The van der Waals surface area contributed by atoms with Crippen molar-refractivity contribution < 1.29 is 0 Å². The van der Waals surface area contributed by atoms with E-state index in [4.69, 9.17) is 0 Å². The van der Waals surface area contributed by atoms with Crippen LogP contribution in [0.15, 0.2) is 164 Å². The Hall–Kier alpha value is -4.88.